The summed E-state index contributed by atoms with van der Waals surface area (Å²) in [5, 5.41) is 11.6. The minimum absolute atomic E-state index is 0.209. The van der Waals surface area contributed by atoms with Crippen molar-refractivity contribution in [3.8, 4) is 0 Å². The van der Waals surface area contributed by atoms with E-state index in [9.17, 15) is 19.2 Å². The molecular weight excluding hydrogens is 326 g/mol. The van der Waals surface area contributed by atoms with Gasteiger partial charge in [0.25, 0.3) is 5.56 Å². The predicted molar refractivity (Wildman–Crippen MR) is 92.5 cm³/mol. The van der Waals surface area contributed by atoms with Gasteiger partial charge in [0.15, 0.2) is 0 Å². The number of carboxylic acids is 1. The number of carbonyl (C=O) groups excluding carboxylic acids is 1. The van der Waals surface area contributed by atoms with Gasteiger partial charge < -0.3 is 15.4 Å². The van der Waals surface area contributed by atoms with Gasteiger partial charge in [-0.3, -0.25) is 19.0 Å². The minimum Gasteiger partial charge on any atom is -0.480 e. The number of hydrogen-bond donors (Lipinski definition) is 3. The third kappa shape index (κ3) is 4.79. The van der Waals surface area contributed by atoms with E-state index in [1.54, 1.807) is 24.3 Å². The lowest BCUT2D eigenvalue weighted by molar-refractivity contribution is -0.141. The van der Waals surface area contributed by atoms with E-state index in [-0.39, 0.29) is 24.4 Å². The summed E-state index contributed by atoms with van der Waals surface area (Å²) in [6.07, 6.45) is 1.98. The Labute approximate surface area is 143 Å². The number of amides is 1. The Morgan fingerprint density at radius 3 is 2.64 bits per heavy atom. The topological polar surface area (TPSA) is 121 Å². The summed E-state index contributed by atoms with van der Waals surface area (Å²) in [5.74, 6) is -1.40. The van der Waals surface area contributed by atoms with Crippen LogP contribution in [0.3, 0.4) is 0 Å². The number of H-pyrrole nitrogens is 1. The summed E-state index contributed by atoms with van der Waals surface area (Å²) in [6.45, 7) is 1.67. The van der Waals surface area contributed by atoms with E-state index in [0.717, 1.165) is 4.57 Å². The molecule has 2 aromatic rings. The van der Waals surface area contributed by atoms with Gasteiger partial charge in [0.2, 0.25) is 5.91 Å². The van der Waals surface area contributed by atoms with Crippen LogP contribution >= 0.6 is 0 Å². The number of aromatic amines is 1. The molecule has 2 rings (SSSR count). The fourth-order valence-electron chi connectivity index (χ4n) is 2.51. The van der Waals surface area contributed by atoms with Crippen molar-refractivity contribution in [1.29, 1.82) is 0 Å². The summed E-state index contributed by atoms with van der Waals surface area (Å²) in [7, 11) is 0. The first-order chi connectivity index (χ1) is 11.9. The van der Waals surface area contributed by atoms with Crippen LogP contribution in [0.4, 0.5) is 0 Å². The van der Waals surface area contributed by atoms with Gasteiger partial charge in [-0.25, -0.2) is 4.79 Å². The van der Waals surface area contributed by atoms with Crippen molar-refractivity contribution in [3.05, 3.63) is 45.1 Å². The van der Waals surface area contributed by atoms with E-state index in [1.807, 2.05) is 0 Å². The van der Waals surface area contributed by atoms with E-state index in [4.69, 9.17) is 5.11 Å². The Morgan fingerprint density at radius 2 is 1.92 bits per heavy atom. The van der Waals surface area contributed by atoms with Gasteiger partial charge in [0.05, 0.1) is 10.9 Å². The standard InChI is InChI=1S/C17H21N3O5/c1-11(16(23)24)18-14(21)9-3-2-6-10-20-15(22)12-7-4-5-8-13(12)19-17(20)25/h4-5,7-8,11H,2-3,6,9-10H2,1H3,(H,18,21)(H,19,25)(H,23,24)/t11-/m0/s1. The number of hydrogen-bond acceptors (Lipinski definition) is 4. The molecule has 1 aromatic heterocycles. The number of rotatable bonds is 8. The number of aromatic nitrogens is 2. The summed E-state index contributed by atoms with van der Waals surface area (Å²) in [4.78, 5) is 49.2. The molecule has 0 bridgehead atoms. The molecule has 1 aromatic carbocycles. The molecule has 0 aliphatic heterocycles. The first kappa shape index (κ1) is 18.4. The lowest BCUT2D eigenvalue weighted by atomic mass is 10.1. The molecule has 0 saturated heterocycles. The van der Waals surface area contributed by atoms with Gasteiger partial charge in [-0.2, -0.15) is 0 Å². The highest BCUT2D eigenvalue weighted by atomic mass is 16.4. The van der Waals surface area contributed by atoms with Crippen LogP contribution in [0, 0.1) is 0 Å². The quantitative estimate of drug-likeness (QED) is 0.611. The maximum absolute atomic E-state index is 12.3. The average molecular weight is 347 g/mol. The number of aliphatic carboxylic acids is 1. The Bertz CT molecular complexity index is 884. The normalized spacial score (nSPS) is 12.0. The number of para-hydroxylation sites is 1. The van der Waals surface area contributed by atoms with E-state index in [2.05, 4.69) is 10.3 Å². The maximum Gasteiger partial charge on any atom is 0.328 e. The SMILES string of the molecule is C[C@H](NC(=O)CCCCCn1c(=O)[nH]c2ccccc2c1=O)C(=O)O. The van der Waals surface area contributed by atoms with Gasteiger partial charge >= 0.3 is 11.7 Å². The molecule has 0 saturated carbocycles. The molecule has 0 radical (unpaired) electrons. The number of carboxylic acid groups (broad SMARTS) is 1. The van der Waals surface area contributed by atoms with Crippen molar-refractivity contribution in [3.63, 3.8) is 0 Å². The molecular formula is C17H21N3O5. The average Bonchev–Trinajstić information content (AvgIpc) is 2.57. The molecule has 1 heterocycles. The lowest BCUT2D eigenvalue weighted by Crippen LogP contribution is -2.38. The van der Waals surface area contributed by atoms with Crippen LogP contribution in [0.5, 0.6) is 0 Å². The highest BCUT2D eigenvalue weighted by Gasteiger charge is 2.13. The molecule has 1 amide bonds. The Balaban J connectivity index is 1.86. The van der Waals surface area contributed by atoms with Crippen molar-refractivity contribution < 1.29 is 14.7 Å². The van der Waals surface area contributed by atoms with E-state index in [0.29, 0.717) is 30.2 Å². The van der Waals surface area contributed by atoms with Crippen LogP contribution in [0.1, 0.15) is 32.6 Å². The zero-order valence-corrected chi connectivity index (χ0v) is 13.9. The third-order valence-electron chi connectivity index (χ3n) is 3.92. The van der Waals surface area contributed by atoms with E-state index >= 15 is 0 Å². The highest BCUT2D eigenvalue weighted by Crippen LogP contribution is 2.05. The largest absolute Gasteiger partial charge is 0.480 e. The molecule has 0 aliphatic carbocycles. The Kier molecular flexibility index (Phi) is 6.10. The number of nitrogens with zero attached hydrogens (tertiary/aromatic N) is 1. The van der Waals surface area contributed by atoms with E-state index < -0.39 is 17.7 Å². The molecule has 0 spiro atoms. The second-order valence-electron chi connectivity index (χ2n) is 5.87. The smallest absolute Gasteiger partial charge is 0.328 e. The number of unbranched alkanes of at least 4 members (excludes halogenated alkanes) is 2. The van der Waals surface area contributed by atoms with Crippen molar-refractivity contribution in [2.45, 2.75) is 45.2 Å². The monoisotopic (exact) mass is 347 g/mol. The first-order valence-corrected chi connectivity index (χ1v) is 8.14. The molecule has 0 aliphatic rings. The Morgan fingerprint density at radius 1 is 1.20 bits per heavy atom. The minimum atomic E-state index is -1.08. The molecule has 25 heavy (non-hydrogen) atoms. The van der Waals surface area contributed by atoms with Gasteiger partial charge in [-0.05, 0) is 31.9 Å². The molecule has 8 nitrogen and oxygen atoms in total. The second-order valence-corrected chi connectivity index (χ2v) is 5.87. The van der Waals surface area contributed by atoms with Crippen LogP contribution < -0.4 is 16.6 Å². The molecule has 1 atom stereocenters. The van der Waals surface area contributed by atoms with Crippen molar-refractivity contribution in [2.75, 3.05) is 0 Å². The zero-order valence-electron chi connectivity index (χ0n) is 13.9. The van der Waals surface area contributed by atoms with Crippen molar-refractivity contribution >= 4 is 22.8 Å². The number of fused-ring (bicyclic) bond motifs is 1. The molecule has 134 valence electrons. The first-order valence-electron chi connectivity index (χ1n) is 8.14. The van der Waals surface area contributed by atoms with E-state index in [1.165, 1.54) is 6.92 Å². The maximum atomic E-state index is 12.3. The summed E-state index contributed by atoms with van der Waals surface area (Å²) in [5.41, 5.74) is -0.262. The predicted octanol–water partition coefficient (Wildman–Crippen LogP) is 0.839. The zero-order chi connectivity index (χ0) is 18.4. The van der Waals surface area contributed by atoms with Crippen molar-refractivity contribution in [1.82, 2.24) is 14.9 Å². The molecule has 0 fully saturated rings. The summed E-state index contributed by atoms with van der Waals surface area (Å²) >= 11 is 0. The molecule has 0 unspecified atom stereocenters. The lowest BCUT2D eigenvalue weighted by Gasteiger charge is -2.09. The van der Waals surface area contributed by atoms with Crippen LogP contribution in [-0.4, -0.2) is 32.6 Å². The van der Waals surface area contributed by atoms with Crippen LogP contribution in [-0.2, 0) is 16.1 Å². The van der Waals surface area contributed by atoms with Crippen LogP contribution in [0.2, 0.25) is 0 Å². The summed E-state index contributed by atoms with van der Waals surface area (Å²) < 4.78 is 1.16. The number of carbonyl (C=O) groups is 2. The van der Waals surface area contributed by atoms with Crippen molar-refractivity contribution in [2.24, 2.45) is 0 Å². The van der Waals surface area contributed by atoms with Crippen LogP contribution in [0.25, 0.3) is 10.9 Å². The van der Waals surface area contributed by atoms with Gasteiger partial charge in [0, 0.05) is 13.0 Å². The fourth-order valence-corrected chi connectivity index (χ4v) is 2.51. The summed E-state index contributed by atoms with van der Waals surface area (Å²) in [6, 6.07) is 5.92. The molecule has 8 heteroatoms. The van der Waals surface area contributed by atoms with Gasteiger partial charge in [0.1, 0.15) is 6.04 Å². The van der Waals surface area contributed by atoms with Gasteiger partial charge in [-0.1, -0.05) is 18.6 Å². The van der Waals surface area contributed by atoms with Crippen LogP contribution in [0.15, 0.2) is 33.9 Å². The Hall–Kier alpha value is -2.90. The number of benzene rings is 1. The number of nitrogens with one attached hydrogen (secondary N) is 2. The fraction of sp³-hybridized carbons (Fsp3) is 0.412. The third-order valence-corrected chi connectivity index (χ3v) is 3.92. The second kappa shape index (κ2) is 8.27. The molecule has 3 N–H and O–H groups in total. The van der Waals surface area contributed by atoms with Gasteiger partial charge in [-0.15, -0.1) is 0 Å². The highest BCUT2D eigenvalue weighted by molar-refractivity contribution is 5.83.